The largest absolute Gasteiger partial charge is 0.336 e. The third-order valence-electron chi connectivity index (χ3n) is 5.11. The zero-order chi connectivity index (χ0) is 16.7. The zero-order valence-corrected chi connectivity index (χ0v) is 15.1. The van der Waals surface area contributed by atoms with Crippen molar-refractivity contribution in [3.8, 4) is 11.4 Å². The van der Waals surface area contributed by atoms with Crippen LogP contribution in [0.15, 0.2) is 24.3 Å². The quantitative estimate of drug-likeness (QED) is 0.876. The fourth-order valence-electron chi connectivity index (χ4n) is 3.47. The van der Waals surface area contributed by atoms with Crippen molar-refractivity contribution in [3.05, 3.63) is 35.7 Å². The van der Waals surface area contributed by atoms with Gasteiger partial charge in [0.05, 0.1) is 0 Å². The molecule has 1 aliphatic heterocycles. The summed E-state index contributed by atoms with van der Waals surface area (Å²) in [6.07, 6.45) is 3.38. The van der Waals surface area contributed by atoms with E-state index in [0.29, 0.717) is 29.8 Å². The van der Waals surface area contributed by atoms with Crippen LogP contribution in [0, 0.1) is 5.92 Å². The molecule has 1 aliphatic carbocycles. The van der Waals surface area contributed by atoms with Gasteiger partial charge < -0.3 is 10.6 Å². The van der Waals surface area contributed by atoms with Crippen LogP contribution in [0.5, 0.6) is 0 Å². The molecule has 1 saturated heterocycles. The number of amides is 1. The topological polar surface area (TPSA) is 87.9 Å². The molecule has 2 heterocycles. The first-order valence-corrected chi connectivity index (χ1v) is 8.69. The fourth-order valence-corrected chi connectivity index (χ4v) is 3.47. The summed E-state index contributed by atoms with van der Waals surface area (Å²) in [5.41, 5.74) is 7.40. The van der Waals surface area contributed by atoms with Gasteiger partial charge in [-0.3, -0.25) is 9.89 Å². The number of aromatic nitrogens is 3. The summed E-state index contributed by atoms with van der Waals surface area (Å²) in [4.78, 5) is 19.2. The molecular formula is C18H24ClN5O. The first-order chi connectivity index (χ1) is 11.7. The molecule has 0 radical (unpaired) electrons. The fraction of sp³-hybridized carbons (Fsp3) is 0.500. The van der Waals surface area contributed by atoms with Crippen LogP contribution in [0.25, 0.3) is 11.4 Å². The van der Waals surface area contributed by atoms with Gasteiger partial charge in [-0.1, -0.05) is 12.1 Å². The van der Waals surface area contributed by atoms with Gasteiger partial charge in [0.2, 0.25) is 0 Å². The van der Waals surface area contributed by atoms with Crippen LogP contribution in [0.4, 0.5) is 0 Å². The summed E-state index contributed by atoms with van der Waals surface area (Å²) in [5.74, 6) is 2.73. The lowest BCUT2D eigenvalue weighted by atomic mass is 10.1. The molecule has 2 atom stereocenters. The van der Waals surface area contributed by atoms with Crippen molar-refractivity contribution in [2.24, 2.45) is 11.7 Å². The van der Waals surface area contributed by atoms with Crippen molar-refractivity contribution in [1.29, 1.82) is 0 Å². The molecule has 1 saturated carbocycles. The minimum Gasteiger partial charge on any atom is -0.336 e. The van der Waals surface area contributed by atoms with Crippen LogP contribution in [0.2, 0.25) is 0 Å². The third-order valence-corrected chi connectivity index (χ3v) is 5.11. The molecule has 1 aromatic heterocycles. The highest BCUT2D eigenvalue weighted by Gasteiger charge is 2.32. The smallest absolute Gasteiger partial charge is 0.254 e. The summed E-state index contributed by atoms with van der Waals surface area (Å²) in [6.45, 7) is 3.49. The number of carbonyl (C=O) groups is 1. The van der Waals surface area contributed by atoms with Gasteiger partial charge in [0.15, 0.2) is 5.82 Å². The standard InChI is InChI=1S/C18H23N5O.ClH/c1-11-8-12(9-19)10-23(11)18(24)15-6-4-14(5-7-15)17-20-16(21-22-17)13-2-3-13;/h4-7,11-13H,2-3,8-10,19H2,1H3,(H,20,21,22);1H. The highest BCUT2D eigenvalue weighted by molar-refractivity contribution is 5.95. The van der Waals surface area contributed by atoms with Gasteiger partial charge in [0.1, 0.15) is 5.82 Å². The molecule has 7 heteroatoms. The number of hydrogen-bond donors (Lipinski definition) is 2. The van der Waals surface area contributed by atoms with E-state index in [0.717, 1.165) is 24.4 Å². The summed E-state index contributed by atoms with van der Waals surface area (Å²) in [6, 6.07) is 7.84. The van der Waals surface area contributed by atoms with E-state index in [1.54, 1.807) is 0 Å². The van der Waals surface area contributed by atoms with E-state index in [4.69, 9.17) is 5.73 Å². The van der Waals surface area contributed by atoms with Crippen LogP contribution in [0.1, 0.15) is 48.3 Å². The van der Waals surface area contributed by atoms with Crippen molar-refractivity contribution in [2.45, 2.75) is 38.1 Å². The maximum absolute atomic E-state index is 12.7. The molecule has 25 heavy (non-hydrogen) atoms. The number of likely N-dealkylation sites (tertiary alicyclic amines) is 1. The van der Waals surface area contributed by atoms with Gasteiger partial charge in [0.25, 0.3) is 5.91 Å². The lowest BCUT2D eigenvalue weighted by molar-refractivity contribution is 0.0743. The van der Waals surface area contributed by atoms with Gasteiger partial charge in [-0.2, -0.15) is 5.10 Å². The number of aromatic amines is 1. The molecule has 6 nitrogen and oxygen atoms in total. The van der Waals surface area contributed by atoms with E-state index in [2.05, 4.69) is 22.1 Å². The Morgan fingerprint density at radius 1 is 1.32 bits per heavy atom. The Bertz CT molecular complexity index is 740. The number of carbonyl (C=O) groups excluding carboxylic acids is 1. The van der Waals surface area contributed by atoms with Crippen molar-refractivity contribution < 1.29 is 4.79 Å². The molecule has 134 valence electrons. The first kappa shape index (κ1) is 17.9. The minimum atomic E-state index is 0. The number of nitrogens with one attached hydrogen (secondary N) is 1. The van der Waals surface area contributed by atoms with Crippen molar-refractivity contribution in [2.75, 3.05) is 13.1 Å². The van der Waals surface area contributed by atoms with Gasteiger partial charge in [0, 0.05) is 29.6 Å². The molecule has 2 unspecified atom stereocenters. The highest BCUT2D eigenvalue weighted by Crippen LogP contribution is 2.38. The molecular weight excluding hydrogens is 338 g/mol. The number of rotatable bonds is 4. The average Bonchev–Trinajstić information content (AvgIpc) is 3.21. The monoisotopic (exact) mass is 361 g/mol. The summed E-state index contributed by atoms with van der Waals surface area (Å²) < 4.78 is 0. The Labute approximate surface area is 153 Å². The van der Waals surface area contributed by atoms with Crippen LogP contribution < -0.4 is 5.73 Å². The van der Waals surface area contributed by atoms with Gasteiger partial charge in [-0.15, -0.1) is 12.4 Å². The Hall–Kier alpha value is -1.92. The normalized spacial score (nSPS) is 22.7. The predicted octanol–water partition coefficient (Wildman–Crippen LogP) is 2.58. The summed E-state index contributed by atoms with van der Waals surface area (Å²) in [7, 11) is 0. The van der Waals surface area contributed by atoms with Gasteiger partial charge in [-0.05, 0) is 50.8 Å². The van der Waals surface area contributed by atoms with E-state index in [9.17, 15) is 4.79 Å². The minimum absolute atomic E-state index is 0. The molecule has 2 aliphatic rings. The van der Waals surface area contributed by atoms with E-state index in [-0.39, 0.29) is 24.4 Å². The second-order valence-corrected chi connectivity index (χ2v) is 7.04. The number of halogens is 1. The number of hydrogen-bond acceptors (Lipinski definition) is 4. The van der Waals surface area contributed by atoms with Crippen LogP contribution >= 0.6 is 12.4 Å². The van der Waals surface area contributed by atoms with E-state index < -0.39 is 0 Å². The van der Waals surface area contributed by atoms with Gasteiger partial charge in [-0.25, -0.2) is 4.98 Å². The highest BCUT2D eigenvalue weighted by atomic mass is 35.5. The lowest BCUT2D eigenvalue weighted by Gasteiger charge is -2.21. The Balaban J connectivity index is 0.00000182. The molecule has 2 fully saturated rings. The lowest BCUT2D eigenvalue weighted by Crippen LogP contribution is -2.34. The van der Waals surface area contributed by atoms with Crippen LogP contribution in [-0.4, -0.2) is 45.1 Å². The number of nitrogens with zero attached hydrogens (tertiary/aromatic N) is 3. The number of nitrogens with two attached hydrogens (primary N) is 1. The first-order valence-electron chi connectivity index (χ1n) is 8.69. The third kappa shape index (κ3) is 3.55. The summed E-state index contributed by atoms with van der Waals surface area (Å²) in [5, 5.41) is 7.30. The average molecular weight is 362 g/mol. The predicted molar refractivity (Wildman–Crippen MR) is 98.7 cm³/mol. The summed E-state index contributed by atoms with van der Waals surface area (Å²) >= 11 is 0. The maximum atomic E-state index is 12.7. The number of benzene rings is 1. The molecule has 0 spiro atoms. The van der Waals surface area contributed by atoms with Gasteiger partial charge >= 0.3 is 0 Å². The molecule has 4 rings (SSSR count). The molecule has 1 aromatic carbocycles. The Kier molecular flexibility index (Phi) is 5.11. The zero-order valence-electron chi connectivity index (χ0n) is 14.3. The number of H-pyrrole nitrogens is 1. The molecule has 0 bridgehead atoms. The van der Waals surface area contributed by atoms with E-state index in [1.165, 1.54) is 12.8 Å². The molecule has 3 N–H and O–H groups in total. The van der Waals surface area contributed by atoms with Crippen molar-refractivity contribution in [3.63, 3.8) is 0 Å². The van der Waals surface area contributed by atoms with Crippen molar-refractivity contribution >= 4 is 18.3 Å². The molecule has 2 aromatic rings. The van der Waals surface area contributed by atoms with E-state index >= 15 is 0 Å². The SMILES string of the molecule is CC1CC(CN)CN1C(=O)c1ccc(-c2n[nH]c(C3CC3)n2)cc1.Cl. The van der Waals surface area contributed by atoms with Crippen molar-refractivity contribution in [1.82, 2.24) is 20.1 Å². The second-order valence-electron chi connectivity index (χ2n) is 7.04. The second kappa shape index (κ2) is 7.14. The Morgan fingerprint density at radius 3 is 2.64 bits per heavy atom. The maximum Gasteiger partial charge on any atom is 0.254 e. The van der Waals surface area contributed by atoms with Crippen LogP contribution in [-0.2, 0) is 0 Å². The van der Waals surface area contributed by atoms with E-state index in [1.807, 2.05) is 29.2 Å². The van der Waals surface area contributed by atoms with Crippen LogP contribution in [0.3, 0.4) is 0 Å². The molecule has 1 amide bonds. The Morgan fingerprint density at radius 2 is 2.04 bits per heavy atom.